The fourth-order valence-electron chi connectivity index (χ4n) is 3.14. The van der Waals surface area contributed by atoms with Crippen LogP contribution >= 0.6 is 11.8 Å². The second-order valence-corrected chi connectivity index (χ2v) is 7.40. The number of hydrogen-bond acceptors (Lipinski definition) is 5. The Hall–Kier alpha value is -2.93. The van der Waals surface area contributed by atoms with E-state index in [0.29, 0.717) is 17.1 Å². The summed E-state index contributed by atoms with van der Waals surface area (Å²) in [5.74, 6) is 0.996. The molecule has 0 fully saturated rings. The third-order valence-corrected chi connectivity index (χ3v) is 5.47. The number of carbonyl (C=O) groups is 2. The topological polar surface area (TPSA) is 76.9 Å². The van der Waals surface area contributed by atoms with Crippen LogP contribution in [0.5, 0.6) is 0 Å². The second-order valence-electron chi connectivity index (χ2n) is 6.46. The molecule has 0 radical (unpaired) electrons. The number of aryl methyl sites for hydroxylation is 2. The number of ketones is 1. The minimum atomic E-state index is -0.0363. The molecule has 2 heterocycles. The lowest BCUT2D eigenvalue weighted by Crippen LogP contribution is -2.06. The van der Waals surface area contributed by atoms with E-state index in [4.69, 9.17) is 0 Å². The highest BCUT2D eigenvalue weighted by molar-refractivity contribution is 7.99. The Morgan fingerprint density at radius 3 is 2.81 bits per heavy atom. The number of Topliss-reactive ketones (excluding diaryl/α,β-unsaturated/α-hetero) is 1. The fraction of sp³-hybridized carbons (Fsp3) is 0.200. The lowest BCUT2D eigenvalue weighted by atomic mass is 10.1. The molecule has 4 rings (SSSR count). The van der Waals surface area contributed by atoms with Crippen LogP contribution in [-0.4, -0.2) is 32.2 Å². The van der Waals surface area contributed by atoms with Crippen molar-refractivity contribution < 1.29 is 9.59 Å². The molecule has 0 saturated carbocycles. The number of benzene rings is 2. The van der Waals surface area contributed by atoms with E-state index in [1.54, 1.807) is 18.2 Å². The second kappa shape index (κ2) is 7.00. The number of aromatic nitrogens is 3. The van der Waals surface area contributed by atoms with E-state index in [1.807, 2.05) is 42.7 Å². The van der Waals surface area contributed by atoms with E-state index in [0.717, 1.165) is 28.3 Å². The summed E-state index contributed by atoms with van der Waals surface area (Å²) in [6, 6.07) is 13.4. The Morgan fingerprint density at radius 1 is 1.19 bits per heavy atom. The molecule has 1 aromatic heterocycles. The molecule has 2 aromatic carbocycles. The monoisotopic (exact) mass is 378 g/mol. The highest BCUT2D eigenvalue weighted by Gasteiger charge is 2.20. The highest BCUT2D eigenvalue weighted by Crippen LogP contribution is 2.27. The van der Waals surface area contributed by atoms with Crippen LogP contribution in [0.25, 0.3) is 5.69 Å². The zero-order valence-corrected chi connectivity index (χ0v) is 15.8. The van der Waals surface area contributed by atoms with Crippen molar-refractivity contribution in [2.24, 2.45) is 0 Å². The number of para-hydroxylation sites is 1. The Bertz CT molecular complexity index is 1060. The van der Waals surface area contributed by atoms with Crippen molar-refractivity contribution in [3.8, 4) is 5.69 Å². The standard InChI is InChI=1S/C20H18N4O2S/c1-12-5-3-4-6-17(12)24-13(2)22-23-20(24)27-11-18(25)14-7-8-16-15(9-14)10-19(26)21-16/h3-9H,10-11H2,1-2H3,(H,21,26). The minimum Gasteiger partial charge on any atom is -0.326 e. The van der Waals surface area contributed by atoms with Gasteiger partial charge >= 0.3 is 0 Å². The summed E-state index contributed by atoms with van der Waals surface area (Å²) in [5.41, 5.74) is 4.40. The number of amides is 1. The van der Waals surface area contributed by atoms with Gasteiger partial charge in [-0.25, -0.2) is 0 Å². The molecule has 0 unspecified atom stereocenters. The van der Waals surface area contributed by atoms with Gasteiger partial charge in [0.05, 0.1) is 17.9 Å². The van der Waals surface area contributed by atoms with E-state index < -0.39 is 0 Å². The van der Waals surface area contributed by atoms with Crippen molar-refractivity contribution in [3.63, 3.8) is 0 Å². The predicted molar refractivity (Wildman–Crippen MR) is 105 cm³/mol. The molecule has 7 heteroatoms. The molecule has 1 amide bonds. The van der Waals surface area contributed by atoms with Crippen molar-refractivity contribution in [2.45, 2.75) is 25.4 Å². The number of nitrogens with zero attached hydrogens (tertiary/aromatic N) is 3. The first-order valence-corrected chi connectivity index (χ1v) is 9.58. The van der Waals surface area contributed by atoms with Crippen LogP contribution < -0.4 is 5.32 Å². The van der Waals surface area contributed by atoms with Crippen LogP contribution in [0.4, 0.5) is 5.69 Å². The average molecular weight is 378 g/mol. The van der Waals surface area contributed by atoms with Crippen molar-refractivity contribution in [1.82, 2.24) is 14.8 Å². The summed E-state index contributed by atoms with van der Waals surface area (Å²) in [5, 5.41) is 11.9. The van der Waals surface area contributed by atoms with Crippen LogP contribution in [0.15, 0.2) is 47.6 Å². The third kappa shape index (κ3) is 3.38. The van der Waals surface area contributed by atoms with Crippen LogP contribution in [-0.2, 0) is 11.2 Å². The molecular weight excluding hydrogens is 360 g/mol. The third-order valence-electron chi connectivity index (χ3n) is 4.54. The van der Waals surface area contributed by atoms with Gasteiger partial charge in [-0.1, -0.05) is 30.0 Å². The molecule has 1 N–H and O–H groups in total. The summed E-state index contributed by atoms with van der Waals surface area (Å²) in [4.78, 5) is 24.1. The molecule has 1 aliphatic rings. The first-order chi connectivity index (χ1) is 13.0. The van der Waals surface area contributed by atoms with Crippen LogP contribution in [0, 0.1) is 13.8 Å². The molecule has 27 heavy (non-hydrogen) atoms. The Kier molecular flexibility index (Phi) is 4.53. The maximum Gasteiger partial charge on any atom is 0.228 e. The van der Waals surface area contributed by atoms with Gasteiger partial charge in [0.1, 0.15) is 5.82 Å². The smallest absolute Gasteiger partial charge is 0.228 e. The normalized spacial score (nSPS) is 12.7. The number of nitrogens with one attached hydrogen (secondary N) is 1. The van der Waals surface area contributed by atoms with E-state index in [2.05, 4.69) is 15.5 Å². The van der Waals surface area contributed by atoms with E-state index in [1.165, 1.54) is 11.8 Å². The van der Waals surface area contributed by atoms with Gasteiger partial charge in [-0.2, -0.15) is 0 Å². The summed E-state index contributed by atoms with van der Waals surface area (Å²) in [7, 11) is 0. The summed E-state index contributed by atoms with van der Waals surface area (Å²) in [6.07, 6.45) is 0.324. The number of thioether (sulfide) groups is 1. The molecule has 0 saturated heterocycles. The Labute approximate surface area is 161 Å². The van der Waals surface area contributed by atoms with Gasteiger partial charge in [0.2, 0.25) is 5.91 Å². The molecule has 3 aromatic rings. The van der Waals surface area contributed by atoms with Crippen LogP contribution in [0.2, 0.25) is 0 Å². The molecule has 0 spiro atoms. The molecule has 0 bridgehead atoms. The SMILES string of the molecule is Cc1ccccc1-n1c(C)nnc1SCC(=O)c1ccc2c(c1)CC(=O)N2. The fourth-order valence-corrected chi connectivity index (χ4v) is 4.03. The number of carbonyl (C=O) groups excluding carboxylic acids is 2. The predicted octanol–water partition coefficient (Wildman–Crippen LogP) is 3.35. The van der Waals surface area contributed by atoms with E-state index in [9.17, 15) is 9.59 Å². The van der Waals surface area contributed by atoms with Gasteiger partial charge in [-0.3, -0.25) is 14.2 Å². The number of fused-ring (bicyclic) bond motifs is 1. The van der Waals surface area contributed by atoms with Gasteiger partial charge in [0, 0.05) is 11.3 Å². The van der Waals surface area contributed by atoms with Crippen LogP contribution in [0.3, 0.4) is 0 Å². The van der Waals surface area contributed by atoms with Gasteiger partial charge in [0.25, 0.3) is 0 Å². The number of anilines is 1. The Balaban J connectivity index is 1.53. The molecule has 1 aliphatic heterocycles. The summed E-state index contributed by atoms with van der Waals surface area (Å²) >= 11 is 1.37. The van der Waals surface area contributed by atoms with Crippen molar-refractivity contribution in [1.29, 1.82) is 0 Å². The van der Waals surface area contributed by atoms with Gasteiger partial charge < -0.3 is 5.32 Å². The lowest BCUT2D eigenvalue weighted by Gasteiger charge is -2.11. The zero-order chi connectivity index (χ0) is 19.0. The first kappa shape index (κ1) is 17.5. The Morgan fingerprint density at radius 2 is 2.00 bits per heavy atom. The number of hydrogen-bond donors (Lipinski definition) is 1. The lowest BCUT2D eigenvalue weighted by molar-refractivity contribution is -0.115. The number of rotatable bonds is 5. The van der Waals surface area contributed by atoms with Gasteiger partial charge in [-0.05, 0) is 49.2 Å². The first-order valence-electron chi connectivity index (χ1n) is 8.60. The zero-order valence-electron chi connectivity index (χ0n) is 15.0. The molecule has 6 nitrogen and oxygen atoms in total. The largest absolute Gasteiger partial charge is 0.326 e. The molecular formula is C20H18N4O2S. The van der Waals surface area contributed by atoms with E-state index in [-0.39, 0.29) is 17.4 Å². The van der Waals surface area contributed by atoms with Crippen molar-refractivity contribution in [3.05, 3.63) is 65.0 Å². The average Bonchev–Trinajstić information content (AvgIpc) is 3.21. The quantitative estimate of drug-likeness (QED) is 0.544. The molecule has 0 atom stereocenters. The van der Waals surface area contributed by atoms with Crippen LogP contribution in [0.1, 0.15) is 27.3 Å². The summed E-state index contributed by atoms with van der Waals surface area (Å²) < 4.78 is 1.97. The van der Waals surface area contributed by atoms with Gasteiger partial charge in [-0.15, -0.1) is 10.2 Å². The highest BCUT2D eigenvalue weighted by atomic mass is 32.2. The maximum absolute atomic E-state index is 12.6. The molecule has 136 valence electrons. The van der Waals surface area contributed by atoms with Crippen molar-refractivity contribution >= 4 is 29.1 Å². The molecule has 0 aliphatic carbocycles. The minimum absolute atomic E-state index is 0.000800. The van der Waals surface area contributed by atoms with Gasteiger partial charge in [0.15, 0.2) is 10.9 Å². The summed E-state index contributed by atoms with van der Waals surface area (Å²) in [6.45, 7) is 3.93. The van der Waals surface area contributed by atoms with E-state index >= 15 is 0 Å². The maximum atomic E-state index is 12.6. The van der Waals surface area contributed by atoms with Crippen molar-refractivity contribution in [2.75, 3.05) is 11.1 Å².